The fourth-order valence-electron chi connectivity index (χ4n) is 5.37. The number of hydrogen-bond acceptors (Lipinski definition) is 6. The van der Waals surface area contributed by atoms with Gasteiger partial charge in [-0.3, -0.25) is 9.69 Å². The smallest absolute Gasteiger partial charge is 0.236 e. The van der Waals surface area contributed by atoms with Crippen molar-refractivity contribution in [1.29, 1.82) is 0 Å². The zero-order valence-corrected chi connectivity index (χ0v) is 21.2. The lowest BCUT2D eigenvalue weighted by atomic mass is 9.93. The first kappa shape index (κ1) is 25.6. The van der Waals surface area contributed by atoms with Gasteiger partial charge in [0.1, 0.15) is 11.6 Å². The normalized spacial score (nSPS) is 19.5. The van der Waals surface area contributed by atoms with E-state index in [1.165, 1.54) is 11.1 Å². The first-order chi connectivity index (χ1) is 17.2. The Hall–Kier alpha value is -2.51. The van der Waals surface area contributed by atoms with Gasteiger partial charge in [0.25, 0.3) is 0 Å². The van der Waals surface area contributed by atoms with Crippen molar-refractivity contribution >= 4 is 5.91 Å². The summed E-state index contributed by atoms with van der Waals surface area (Å²) in [5.41, 5.74) is 8.39. The minimum absolute atomic E-state index is 0.249. The van der Waals surface area contributed by atoms with Gasteiger partial charge in [0.15, 0.2) is 0 Å². The molecule has 2 aromatic rings. The third-order valence-electron chi connectivity index (χ3n) is 7.39. The summed E-state index contributed by atoms with van der Waals surface area (Å²) in [5.74, 6) is 2.58. The molecule has 2 aliphatic heterocycles. The number of ether oxygens (including phenoxy) is 1. The molecule has 0 radical (unpaired) electrons. The van der Waals surface area contributed by atoms with E-state index >= 15 is 0 Å². The fourth-order valence-corrected chi connectivity index (χ4v) is 5.37. The molecule has 0 spiro atoms. The van der Waals surface area contributed by atoms with Crippen LogP contribution in [0.4, 0.5) is 0 Å². The van der Waals surface area contributed by atoms with Gasteiger partial charge in [-0.2, -0.15) is 0 Å². The van der Waals surface area contributed by atoms with E-state index in [4.69, 9.17) is 10.5 Å². The second-order valence-electron chi connectivity index (χ2n) is 9.92. The van der Waals surface area contributed by atoms with Gasteiger partial charge >= 0.3 is 0 Å². The monoisotopic (exact) mass is 479 g/mol. The van der Waals surface area contributed by atoms with E-state index in [0.717, 1.165) is 89.2 Å². The minimum atomic E-state index is 0.249. The maximum atomic E-state index is 13.4. The first-order valence-electron chi connectivity index (χ1n) is 13.4. The van der Waals surface area contributed by atoms with E-state index in [2.05, 4.69) is 44.9 Å². The lowest BCUT2D eigenvalue weighted by Crippen LogP contribution is -2.43. The van der Waals surface area contributed by atoms with Crippen LogP contribution in [0.25, 0.3) is 0 Å². The Bertz CT molecular complexity index is 938. The molecule has 0 bridgehead atoms. The topological polar surface area (TPSA) is 84.6 Å². The lowest BCUT2D eigenvalue weighted by molar-refractivity contribution is -0.132. The Balaban J connectivity index is 1.45. The number of likely N-dealkylation sites (tertiary alicyclic amines) is 1. The Labute approximate surface area is 210 Å². The molecule has 2 N–H and O–H groups in total. The number of nitrogens with zero attached hydrogens (tertiary/aromatic N) is 4. The van der Waals surface area contributed by atoms with E-state index in [1.807, 2.05) is 6.07 Å². The number of carbonyl (C=O) groups is 1. The van der Waals surface area contributed by atoms with Crippen molar-refractivity contribution < 1.29 is 9.53 Å². The van der Waals surface area contributed by atoms with E-state index in [9.17, 15) is 4.79 Å². The number of rotatable bonds is 13. The van der Waals surface area contributed by atoms with Crippen molar-refractivity contribution in [2.45, 2.75) is 70.3 Å². The van der Waals surface area contributed by atoms with Gasteiger partial charge in [0.2, 0.25) is 5.91 Å². The van der Waals surface area contributed by atoms with Gasteiger partial charge in [0.05, 0.1) is 13.2 Å². The summed E-state index contributed by atoms with van der Waals surface area (Å²) in [5, 5.41) is 0. The number of benzene rings is 1. The van der Waals surface area contributed by atoms with Gasteiger partial charge in [-0.25, -0.2) is 9.97 Å². The Morgan fingerprint density at radius 2 is 2.03 bits per heavy atom. The molecule has 4 rings (SSSR count). The van der Waals surface area contributed by atoms with E-state index in [1.54, 1.807) is 12.4 Å². The number of unbranched alkanes of at least 4 members (excludes halogenated alkanes) is 2. The molecule has 1 saturated heterocycles. The van der Waals surface area contributed by atoms with Crippen molar-refractivity contribution in [3.63, 3.8) is 0 Å². The molecule has 35 heavy (non-hydrogen) atoms. The highest BCUT2D eigenvalue weighted by atomic mass is 16.5. The molecular weight excluding hydrogens is 438 g/mol. The molecule has 190 valence electrons. The number of hydrogen-bond donors (Lipinski definition) is 1. The van der Waals surface area contributed by atoms with Crippen LogP contribution in [0.1, 0.15) is 68.3 Å². The fraction of sp³-hybridized carbons (Fsp3) is 0.607. The zero-order valence-electron chi connectivity index (χ0n) is 21.2. The second kappa shape index (κ2) is 13.0. The zero-order chi connectivity index (χ0) is 24.5. The molecule has 2 unspecified atom stereocenters. The molecule has 7 nitrogen and oxygen atoms in total. The van der Waals surface area contributed by atoms with Crippen LogP contribution in [0, 0.1) is 0 Å². The average Bonchev–Trinajstić information content (AvgIpc) is 3.52. The van der Waals surface area contributed by atoms with Gasteiger partial charge in [-0.1, -0.05) is 25.5 Å². The van der Waals surface area contributed by atoms with Gasteiger partial charge < -0.3 is 15.4 Å². The number of nitrogens with two attached hydrogens (primary N) is 1. The molecule has 0 aliphatic carbocycles. The number of aryl methyl sites for hydroxylation is 1. The van der Waals surface area contributed by atoms with Crippen molar-refractivity contribution in [3.05, 3.63) is 53.6 Å². The summed E-state index contributed by atoms with van der Waals surface area (Å²) in [4.78, 5) is 26.7. The van der Waals surface area contributed by atoms with Crippen molar-refractivity contribution in [3.8, 4) is 5.75 Å². The maximum absolute atomic E-state index is 13.4. The summed E-state index contributed by atoms with van der Waals surface area (Å²) < 4.78 is 5.72. The highest BCUT2D eigenvalue weighted by molar-refractivity contribution is 5.78. The Morgan fingerprint density at radius 3 is 2.83 bits per heavy atom. The summed E-state index contributed by atoms with van der Waals surface area (Å²) >= 11 is 0. The molecule has 2 aliphatic rings. The summed E-state index contributed by atoms with van der Waals surface area (Å²) in [7, 11) is 0. The number of fused-ring (bicyclic) bond motifs is 1. The van der Waals surface area contributed by atoms with Crippen LogP contribution in [-0.4, -0.2) is 71.0 Å². The van der Waals surface area contributed by atoms with Crippen molar-refractivity contribution in [2.24, 2.45) is 5.73 Å². The van der Waals surface area contributed by atoms with Crippen LogP contribution >= 0.6 is 0 Å². The Morgan fingerprint density at radius 1 is 1.20 bits per heavy atom. The number of amides is 1. The number of carbonyl (C=O) groups excluding carboxylic acids is 1. The van der Waals surface area contributed by atoms with Gasteiger partial charge in [-0.05, 0) is 67.8 Å². The molecule has 0 saturated carbocycles. The molecule has 1 fully saturated rings. The predicted molar refractivity (Wildman–Crippen MR) is 138 cm³/mol. The van der Waals surface area contributed by atoms with E-state index < -0.39 is 0 Å². The predicted octanol–water partition coefficient (Wildman–Crippen LogP) is 3.57. The third-order valence-corrected chi connectivity index (χ3v) is 7.39. The van der Waals surface area contributed by atoms with E-state index in [-0.39, 0.29) is 5.91 Å². The molecule has 3 heterocycles. The standard InChI is InChI=1S/C28H41N5O2/c1-2-3-15-32(16-5-4-12-29)28(34)21-33-20-24(22-7-9-26-23(18-22)11-17-35-26)19-25(33)8-10-27-30-13-6-14-31-27/h6-7,9,13-14,18,24-25H,2-5,8,10-12,15-17,19-21,29H2,1H3. The summed E-state index contributed by atoms with van der Waals surface area (Å²) in [6.45, 7) is 6.68. The van der Waals surface area contributed by atoms with Crippen LogP contribution in [0.15, 0.2) is 36.7 Å². The largest absolute Gasteiger partial charge is 0.493 e. The molecule has 1 amide bonds. The van der Waals surface area contributed by atoms with Crippen LogP contribution in [0.3, 0.4) is 0 Å². The second-order valence-corrected chi connectivity index (χ2v) is 9.92. The molecule has 2 atom stereocenters. The lowest BCUT2D eigenvalue weighted by Gasteiger charge is -2.28. The van der Waals surface area contributed by atoms with Crippen LogP contribution in [0.2, 0.25) is 0 Å². The SMILES string of the molecule is CCCCN(CCCCN)C(=O)CN1CC(c2ccc3c(c2)CCO3)CC1CCc1ncccn1. The van der Waals surface area contributed by atoms with E-state index in [0.29, 0.717) is 25.0 Å². The molecule has 1 aromatic heterocycles. The minimum Gasteiger partial charge on any atom is -0.493 e. The van der Waals surface area contributed by atoms with Crippen molar-refractivity contribution in [1.82, 2.24) is 19.8 Å². The first-order valence-corrected chi connectivity index (χ1v) is 13.4. The van der Waals surface area contributed by atoms with Crippen LogP contribution in [-0.2, 0) is 17.6 Å². The average molecular weight is 480 g/mol. The molecular formula is C28H41N5O2. The summed E-state index contributed by atoms with van der Waals surface area (Å²) in [6, 6.07) is 8.87. The highest BCUT2D eigenvalue weighted by Crippen LogP contribution is 2.36. The van der Waals surface area contributed by atoms with Gasteiger partial charge in [-0.15, -0.1) is 0 Å². The van der Waals surface area contributed by atoms with Crippen LogP contribution < -0.4 is 10.5 Å². The maximum Gasteiger partial charge on any atom is 0.236 e. The molecule has 1 aromatic carbocycles. The quantitative estimate of drug-likeness (QED) is 0.442. The molecule has 7 heteroatoms. The van der Waals surface area contributed by atoms with Crippen molar-refractivity contribution in [2.75, 3.05) is 39.3 Å². The summed E-state index contributed by atoms with van der Waals surface area (Å²) in [6.07, 6.45) is 11.5. The third kappa shape index (κ3) is 7.01. The van der Waals surface area contributed by atoms with Crippen LogP contribution in [0.5, 0.6) is 5.75 Å². The van der Waals surface area contributed by atoms with Gasteiger partial charge in [0, 0.05) is 50.9 Å². The number of aromatic nitrogens is 2. The Kier molecular flexibility index (Phi) is 9.49. The highest BCUT2D eigenvalue weighted by Gasteiger charge is 2.35.